The van der Waals surface area contributed by atoms with Crippen molar-refractivity contribution in [3.63, 3.8) is 0 Å². The zero-order valence-electron chi connectivity index (χ0n) is 17.1. The van der Waals surface area contributed by atoms with Crippen molar-refractivity contribution in [2.45, 2.75) is 82.0 Å². The minimum atomic E-state index is -0.941. The number of aromatic nitrogens is 3. The van der Waals surface area contributed by atoms with E-state index in [0.717, 1.165) is 3.71 Å². The zero-order chi connectivity index (χ0) is 20.6. The Morgan fingerprint density at radius 2 is 1.64 bits per heavy atom. The molecule has 154 valence electrons. The quantitative estimate of drug-likeness (QED) is 0.149. The molecule has 0 spiro atoms. The Bertz CT molecular complexity index is 731. The fraction of sp³-hybridized carbons (Fsp3) is 0.619. The van der Waals surface area contributed by atoms with Gasteiger partial charge in [0.25, 0.3) is 0 Å². The molecule has 0 saturated heterocycles. The second kappa shape index (κ2) is 12.1. The van der Waals surface area contributed by atoms with Crippen LogP contribution in [0.5, 0.6) is 0 Å². The van der Waals surface area contributed by atoms with Crippen molar-refractivity contribution >= 4 is 59.0 Å². The van der Waals surface area contributed by atoms with E-state index in [1.165, 1.54) is 57.8 Å². The standard InChI is InChI=1S/C13H27.C8H3ClFIN3.Sn/c1-4-7-10-13(11-8-5-2)12-9-6-3;9-5-1-2-6(8(11)7(5)10)14-4-3-12-13-14;/h4-12H2,1-3H3;1-2,4H;. The van der Waals surface area contributed by atoms with E-state index in [4.69, 9.17) is 11.6 Å². The average Bonchev–Trinajstić information content (AvgIpc) is 3.15. The minimum absolute atomic E-state index is 0.141. The van der Waals surface area contributed by atoms with Crippen LogP contribution in [0, 0.1) is 9.39 Å². The molecule has 28 heavy (non-hydrogen) atoms. The van der Waals surface area contributed by atoms with Crippen LogP contribution in [-0.2, 0) is 0 Å². The van der Waals surface area contributed by atoms with Crippen molar-refractivity contribution in [2.75, 3.05) is 0 Å². The van der Waals surface area contributed by atoms with E-state index in [1.54, 1.807) is 10.7 Å². The van der Waals surface area contributed by atoms with Crippen molar-refractivity contribution in [3.05, 3.63) is 32.7 Å². The molecule has 0 N–H and O–H groups in total. The SMILES string of the molecule is CCCC[C](CCCC)(CCCC)[Sn][c]1cn(-c2ccc(Cl)c(F)c2I)nn1. The number of hydrogen-bond donors (Lipinski definition) is 0. The maximum absolute atomic E-state index is 14.2. The molecule has 3 nitrogen and oxygen atoms in total. The molecule has 2 rings (SSSR count). The van der Waals surface area contributed by atoms with E-state index in [0.29, 0.717) is 12.7 Å². The fourth-order valence-corrected chi connectivity index (χ4v) is 9.48. The summed E-state index contributed by atoms with van der Waals surface area (Å²) in [6.07, 6.45) is 13.6. The van der Waals surface area contributed by atoms with Crippen molar-refractivity contribution in [3.8, 4) is 5.69 Å². The summed E-state index contributed by atoms with van der Waals surface area (Å²) < 4.78 is 18.0. The second-order valence-corrected chi connectivity index (χ2v) is 14.1. The topological polar surface area (TPSA) is 30.7 Å². The molecular weight excluding hydrogens is 594 g/mol. The van der Waals surface area contributed by atoms with Crippen molar-refractivity contribution in [1.82, 2.24) is 15.0 Å². The third kappa shape index (κ3) is 6.56. The first-order chi connectivity index (χ1) is 13.5. The summed E-state index contributed by atoms with van der Waals surface area (Å²) >= 11 is 6.95. The molecule has 0 aliphatic heterocycles. The number of rotatable bonds is 12. The number of benzene rings is 1. The summed E-state index contributed by atoms with van der Waals surface area (Å²) in [5, 5.41) is 9.00. The average molecular weight is 625 g/mol. The molecule has 0 aliphatic rings. The first kappa shape index (κ1) is 24.4. The Balaban J connectivity index is 2.28. The molecule has 0 bridgehead atoms. The third-order valence-corrected chi connectivity index (χ3v) is 11.5. The summed E-state index contributed by atoms with van der Waals surface area (Å²) in [6.45, 7) is 6.84. The molecule has 1 heterocycles. The predicted octanol–water partition coefficient (Wildman–Crippen LogP) is 6.72. The van der Waals surface area contributed by atoms with Gasteiger partial charge >= 0.3 is 199 Å². The predicted molar refractivity (Wildman–Crippen MR) is 126 cm³/mol. The van der Waals surface area contributed by atoms with Crippen LogP contribution < -0.4 is 3.71 Å². The van der Waals surface area contributed by atoms with Gasteiger partial charge < -0.3 is 0 Å². The Labute approximate surface area is 197 Å². The fourth-order valence-electron chi connectivity index (χ4n) is 3.51. The summed E-state index contributed by atoms with van der Waals surface area (Å²) in [5.41, 5.74) is 0.710. The Hall–Kier alpha value is 0.109. The number of unbranched alkanes of at least 4 members (excludes halogenated alkanes) is 3. The van der Waals surface area contributed by atoms with Gasteiger partial charge in [-0.3, -0.25) is 0 Å². The molecule has 7 heteroatoms. The van der Waals surface area contributed by atoms with Gasteiger partial charge in [-0.1, -0.05) is 0 Å². The van der Waals surface area contributed by atoms with Crippen molar-refractivity contribution < 1.29 is 4.39 Å². The van der Waals surface area contributed by atoms with Crippen LogP contribution in [0.3, 0.4) is 0 Å². The van der Waals surface area contributed by atoms with Crippen LogP contribution in [0.15, 0.2) is 18.3 Å². The first-order valence-electron chi connectivity index (χ1n) is 10.3. The molecule has 2 radical (unpaired) electrons. The van der Waals surface area contributed by atoms with Gasteiger partial charge in [-0.15, -0.1) is 0 Å². The normalized spacial score (nSPS) is 11.9. The van der Waals surface area contributed by atoms with Gasteiger partial charge in [0.2, 0.25) is 0 Å². The molecule has 0 amide bonds. The van der Waals surface area contributed by atoms with E-state index in [9.17, 15) is 4.39 Å². The first-order valence-corrected chi connectivity index (χ1v) is 14.6. The van der Waals surface area contributed by atoms with E-state index in [-0.39, 0.29) is 10.8 Å². The summed E-state index contributed by atoms with van der Waals surface area (Å²) in [4.78, 5) is 0. The molecular formula is C21H30ClFIN3Sn. The monoisotopic (exact) mass is 625 g/mol. The molecule has 0 atom stereocenters. The molecule has 0 aliphatic carbocycles. The van der Waals surface area contributed by atoms with Crippen LogP contribution in [0.2, 0.25) is 8.45 Å². The number of hydrogen-bond acceptors (Lipinski definition) is 2. The number of halogens is 3. The van der Waals surface area contributed by atoms with Gasteiger partial charge in [-0.05, 0) is 0 Å². The van der Waals surface area contributed by atoms with Gasteiger partial charge in [-0.2, -0.15) is 0 Å². The Kier molecular flexibility index (Phi) is 10.5. The second-order valence-electron chi connectivity index (χ2n) is 7.46. The summed E-state index contributed by atoms with van der Waals surface area (Å²) in [6, 6.07) is 3.40. The van der Waals surface area contributed by atoms with Crippen LogP contribution in [0.25, 0.3) is 5.69 Å². The van der Waals surface area contributed by atoms with E-state index >= 15 is 0 Å². The molecule has 0 fully saturated rings. The van der Waals surface area contributed by atoms with Crippen LogP contribution >= 0.6 is 34.2 Å². The van der Waals surface area contributed by atoms with Crippen LogP contribution in [0.4, 0.5) is 4.39 Å². The maximum atomic E-state index is 14.2. The van der Waals surface area contributed by atoms with Crippen molar-refractivity contribution in [1.29, 1.82) is 0 Å². The van der Waals surface area contributed by atoms with E-state index < -0.39 is 21.1 Å². The van der Waals surface area contributed by atoms with Gasteiger partial charge in [-0.25, -0.2) is 0 Å². The molecule has 1 aromatic carbocycles. The summed E-state index contributed by atoms with van der Waals surface area (Å²) in [5.74, 6) is -0.389. The van der Waals surface area contributed by atoms with Gasteiger partial charge in [0.1, 0.15) is 0 Å². The van der Waals surface area contributed by atoms with E-state index in [2.05, 4.69) is 31.1 Å². The van der Waals surface area contributed by atoms with Crippen LogP contribution in [0.1, 0.15) is 78.6 Å². The zero-order valence-corrected chi connectivity index (χ0v) is 22.8. The third-order valence-electron chi connectivity index (χ3n) is 5.17. The molecule has 1 aromatic heterocycles. The molecule has 2 aromatic rings. The van der Waals surface area contributed by atoms with Crippen molar-refractivity contribution in [2.24, 2.45) is 0 Å². The van der Waals surface area contributed by atoms with Gasteiger partial charge in [0.05, 0.1) is 0 Å². The van der Waals surface area contributed by atoms with Gasteiger partial charge in [0.15, 0.2) is 0 Å². The molecule has 0 saturated carbocycles. The summed E-state index contributed by atoms with van der Waals surface area (Å²) in [7, 11) is 0. The number of nitrogens with zero attached hydrogens (tertiary/aromatic N) is 3. The van der Waals surface area contributed by atoms with Gasteiger partial charge in [0, 0.05) is 0 Å². The van der Waals surface area contributed by atoms with Crippen LogP contribution in [-0.4, -0.2) is 36.1 Å². The Morgan fingerprint density at radius 1 is 1.07 bits per heavy atom. The van der Waals surface area contributed by atoms with E-state index in [1.807, 2.05) is 34.9 Å². The Morgan fingerprint density at radius 3 is 2.18 bits per heavy atom. The molecule has 0 unspecified atom stereocenters.